The van der Waals surface area contributed by atoms with Gasteiger partial charge in [-0.15, -0.1) is 0 Å². The van der Waals surface area contributed by atoms with Crippen LogP contribution in [0.4, 0.5) is 0 Å². The molecule has 4 heteroatoms. The average Bonchev–Trinajstić information content (AvgIpc) is 3.11. The monoisotopic (exact) mass is 221 g/mol. The maximum atomic E-state index is 9.53. The first-order valence-electron chi connectivity index (χ1n) is 6.32. The number of likely N-dealkylation sites (tertiary alicyclic amines) is 1. The summed E-state index contributed by atoms with van der Waals surface area (Å²) in [5, 5.41) is 9.53. The van der Waals surface area contributed by atoms with E-state index in [4.69, 9.17) is 4.74 Å². The van der Waals surface area contributed by atoms with E-state index in [2.05, 4.69) is 15.9 Å². The summed E-state index contributed by atoms with van der Waals surface area (Å²) < 4.78 is 5.37. The highest BCUT2D eigenvalue weighted by atomic mass is 16.5. The number of hydrogen-bond acceptors (Lipinski definition) is 4. The summed E-state index contributed by atoms with van der Waals surface area (Å²) in [7, 11) is 0. The Bertz CT molecular complexity index is 304. The first-order valence-corrected chi connectivity index (χ1v) is 6.32. The van der Waals surface area contributed by atoms with E-state index in [1.54, 1.807) is 0 Å². The van der Waals surface area contributed by atoms with Crippen LogP contribution in [-0.4, -0.2) is 60.8 Å². The molecule has 1 atom stereocenters. The molecule has 0 bridgehead atoms. The second-order valence-electron chi connectivity index (χ2n) is 5.19. The van der Waals surface area contributed by atoms with Gasteiger partial charge >= 0.3 is 0 Å². The zero-order valence-corrected chi connectivity index (χ0v) is 9.69. The van der Waals surface area contributed by atoms with Gasteiger partial charge in [-0.1, -0.05) is 0 Å². The molecule has 0 aromatic heterocycles. The molecule has 0 N–H and O–H groups in total. The van der Waals surface area contributed by atoms with Gasteiger partial charge in [-0.2, -0.15) is 5.26 Å². The SMILES string of the molecule is N#CC1(N2CCOCC2)CCN(C2CC2)C1. The third-order valence-electron chi connectivity index (χ3n) is 4.17. The molecule has 2 aliphatic heterocycles. The van der Waals surface area contributed by atoms with Crippen molar-refractivity contribution in [2.45, 2.75) is 30.8 Å². The molecule has 2 heterocycles. The van der Waals surface area contributed by atoms with E-state index in [1.165, 1.54) is 12.8 Å². The predicted molar refractivity (Wildman–Crippen MR) is 59.9 cm³/mol. The van der Waals surface area contributed by atoms with Crippen molar-refractivity contribution in [3.63, 3.8) is 0 Å². The normalized spacial score (nSPS) is 37.4. The standard InChI is InChI=1S/C12H19N3O/c13-9-12(15-5-7-16-8-6-15)3-4-14(10-12)11-1-2-11/h11H,1-8,10H2. The smallest absolute Gasteiger partial charge is 0.123 e. The van der Waals surface area contributed by atoms with Crippen LogP contribution in [0.25, 0.3) is 0 Å². The summed E-state index contributed by atoms with van der Waals surface area (Å²) in [6.45, 7) is 5.47. The van der Waals surface area contributed by atoms with Gasteiger partial charge in [0.25, 0.3) is 0 Å². The lowest BCUT2D eigenvalue weighted by atomic mass is 9.97. The molecular formula is C12H19N3O. The Balaban J connectivity index is 1.70. The minimum Gasteiger partial charge on any atom is -0.379 e. The van der Waals surface area contributed by atoms with Gasteiger partial charge in [0, 0.05) is 32.2 Å². The topological polar surface area (TPSA) is 39.5 Å². The molecule has 1 aliphatic carbocycles. The van der Waals surface area contributed by atoms with E-state index < -0.39 is 0 Å². The molecule has 3 fully saturated rings. The summed E-state index contributed by atoms with van der Waals surface area (Å²) in [6, 6.07) is 3.38. The van der Waals surface area contributed by atoms with Gasteiger partial charge < -0.3 is 4.74 Å². The third-order valence-corrected chi connectivity index (χ3v) is 4.17. The van der Waals surface area contributed by atoms with E-state index in [0.717, 1.165) is 51.9 Å². The summed E-state index contributed by atoms with van der Waals surface area (Å²) in [5.74, 6) is 0. The van der Waals surface area contributed by atoms with Crippen molar-refractivity contribution in [3.8, 4) is 6.07 Å². The molecule has 0 spiro atoms. The van der Waals surface area contributed by atoms with E-state index in [0.29, 0.717) is 0 Å². The summed E-state index contributed by atoms with van der Waals surface area (Å²) in [4.78, 5) is 4.86. The van der Waals surface area contributed by atoms with Gasteiger partial charge in [0.15, 0.2) is 0 Å². The summed E-state index contributed by atoms with van der Waals surface area (Å²) >= 11 is 0. The zero-order chi connectivity index (χ0) is 11.0. The highest BCUT2D eigenvalue weighted by Gasteiger charge is 2.47. The van der Waals surface area contributed by atoms with Gasteiger partial charge in [0.2, 0.25) is 0 Å². The van der Waals surface area contributed by atoms with Crippen molar-refractivity contribution in [2.24, 2.45) is 0 Å². The number of ether oxygens (including phenoxy) is 1. The Kier molecular flexibility index (Phi) is 2.62. The van der Waals surface area contributed by atoms with E-state index in [9.17, 15) is 5.26 Å². The predicted octanol–water partition coefficient (Wildman–Crippen LogP) is 0.449. The van der Waals surface area contributed by atoms with Gasteiger partial charge in [-0.3, -0.25) is 9.80 Å². The molecule has 16 heavy (non-hydrogen) atoms. The van der Waals surface area contributed by atoms with Crippen LogP contribution in [0.2, 0.25) is 0 Å². The van der Waals surface area contributed by atoms with Crippen LogP contribution >= 0.6 is 0 Å². The minimum atomic E-state index is -0.216. The summed E-state index contributed by atoms with van der Waals surface area (Å²) in [5.41, 5.74) is -0.216. The van der Waals surface area contributed by atoms with Crippen LogP contribution < -0.4 is 0 Å². The van der Waals surface area contributed by atoms with Gasteiger partial charge in [0.05, 0.1) is 19.3 Å². The van der Waals surface area contributed by atoms with Crippen LogP contribution in [0.1, 0.15) is 19.3 Å². The molecule has 3 rings (SSSR count). The number of nitriles is 1. The lowest BCUT2D eigenvalue weighted by Crippen LogP contribution is -2.54. The zero-order valence-electron chi connectivity index (χ0n) is 9.69. The van der Waals surface area contributed by atoms with Crippen LogP contribution in [0.15, 0.2) is 0 Å². The number of morpholine rings is 1. The largest absolute Gasteiger partial charge is 0.379 e. The van der Waals surface area contributed by atoms with Gasteiger partial charge in [-0.25, -0.2) is 0 Å². The molecule has 0 aromatic carbocycles. The Morgan fingerprint density at radius 1 is 1.19 bits per heavy atom. The van der Waals surface area contributed by atoms with Crippen LogP contribution in [0, 0.1) is 11.3 Å². The van der Waals surface area contributed by atoms with Gasteiger partial charge in [0.1, 0.15) is 5.54 Å². The Hall–Kier alpha value is -0.630. The van der Waals surface area contributed by atoms with Crippen molar-refractivity contribution < 1.29 is 4.74 Å². The Morgan fingerprint density at radius 3 is 2.56 bits per heavy atom. The second-order valence-corrected chi connectivity index (χ2v) is 5.19. The third kappa shape index (κ3) is 1.73. The van der Waals surface area contributed by atoms with E-state index in [-0.39, 0.29) is 5.54 Å². The molecule has 88 valence electrons. The maximum absolute atomic E-state index is 9.53. The molecule has 3 aliphatic rings. The van der Waals surface area contributed by atoms with E-state index >= 15 is 0 Å². The van der Waals surface area contributed by atoms with Crippen LogP contribution in [-0.2, 0) is 4.74 Å². The first-order chi connectivity index (χ1) is 7.84. The number of hydrogen-bond donors (Lipinski definition) is 0. The molecule has 0 amide bonds. The highest BCUT2D eigenvalue weighted by Crippen LogP contribution is 2.36. The molecule has 2 saturated heterocycles. The van der Waals surface area contributed by atoms with Crippen molar-refractivity contribution in [1.82, 2.24) is 9.80 Å². The molecular weight excluding hydrogens is 202 g/mol. The lowest BCUT2D eigenvalue weighted by molar-refractivity contribution is -0.000835. The van der Waals surface area contributed by atoms with Gasteiger partial charge in [-0.05, 0) is 19.3 Å². The van der Waals surface area contributed by atoms with Crippen LogP contribution in [0.3, 0.4) is 0 Å². The maximum Gasteiger partial charge on any atom is 0.123 e. The van der Waals surface area contributed by atoms with Crippen LogP contribution in [0.5, 0.6) is 0 Å². The molecule has 1 saturated carbocycles. The van der Waals surface area contributed by atoms with Crippen molar-refractivity contribution >= 4 is 0 Å². The average molecular weight is 221 g/mol. The Labute approximate surface area is 96.8 Å². The fraction of sp³-hybridized carbons (Fsp3) is 0.917. The fourth-order valence-electron chi connectivity index (χ4n) is 2.99. The van der Waals surface area contributed by atoms with Crippen molar-refractivity contribution in [1.29, 1.82) is 5.26 Å². The molecule has 4 nitrogen and oxygen atoms in total. The quantitative estimate of drug-likeness (QED) is 0.678. The Morgan fingerprint density at radius 2 is 1.94 bits per heavy atom. The van der Waals surface area contributed by atoms with Crippen molar-refractivity contribution in [3.05, 3.63) is 0 Å². The highest BCUT2D eigenvalue weighted by molar-refractivity contribution is 5.15. The fourth-order valence-corrected chi connectivity index (χ4v) is 2.99. The number of nitrogens with zero attached hydrogens (tertiary/aromatic N) is 3. The van der Waals surface area contributed by atoms with Crippen molar-refractivity contribution in [2.75, 3.05) is 39.4 Å². The summed E-state index contributed by atoms with van der Waals surface area (Å²) in [6.07, 6.45) is 3.69. The molecule has 0 radical (unpaired) electrons. The molecule has 0 aromatic rings. The minimum absolute atomic E-state index is 0.216. The second kappa shape index (κ2) is 3.99. The molecule has 1 unspecified atom stereocenters. The first kappa shape index (κ1) is 10.5. The van der Waals surface area contributed by atoms with E-state index in [1.807, 2.05) is 0 Å². The number of rotatable bonds is 2. The lowest BCUT2D eigenvalue weighted by Gasteiger charge is -2.38.